The summed E-state index contributed by atoms with van der Waals surface area (Å²) in [4.78, 5) is 11.8. The van der Waals surface area contributed by atoms with E-state index in [1.54, 1.807) is 12.1 Å². The Bertz CT molecular complexity index is 498. The summed E-state index contributed by atoms with van der Waals surface area (Å²) < 4.78 is 4.77. The van der Waals surface area contributed by atoms with Crippen molar-refractivity contribution in [2.75, 3.05) is 24.7 Å². The quantitative estimate of drug-likeness (QED) is 0.642. The number of methoxy groups -OCH3 is 1. The van der Waals surface area contributed by atoms with Gasteiger partial charge in [-0.05, 0) is 36.8 Å². The summed E-state index contributed by atoms with van der Waals surface area (Å²) in [7, 11) is 1.34. The van der Waals surface area contributed by atoms with E-state index in [1.807, 2.05) is 0 Å². The molecule has 1 aromatic carbocycles. The molecule has 0 spiro atoms. The van der Waals surface area contributed by atoms with E-state index in [1.165, 1.54) is 20.0 Å². The number of ether oxygens (including phenoxy) is 1. The van der Waals surface area contributed by atoms with E-state index in [0.717, 1.165) is 13.0 Å². The number of nitrogens with one attached hydrogen (secondary N) is 1. The second-order valence-corrected chi connectivity index (χ2v) is 5.53. The Morgan fingerprint density at radius 3 is 2.74 bits per heavy atom. The first-order chi connectivity index (χ1) is 9.01. The zero-order valence-corrected chi connectivity index (χ0v) is 12.0. The third-order valence-corrected chi connectivity index (χ3v) is 4.16. The molecule has 1 aliphatic carbocycles. The van der Waals surface area contributed by atoms with E-state index in [9.17, 15) is 4.79 Å². The van der Waals surface area contributed by atoms with E-state index < -0.39 is 5.97 Å². The number of hydrogen-bond donors (Lipinski definition) is 2. The zero-order valence-electron chi connectivity index (χ0n) is 11.3. The van der Waals surface area contributed by atoms with Crippen LogP contribution < -0.4 is 11.1 Å². The maximum absolute atomic E-state index is 11.8. The average Bonchev–Trinajstić information content (AvgIpc) is 3.16. The van der Waals surface area contributed by atoms with Gasteiger partial charge in [0.25, 0.3) is 0 Å². The van der Waals surface area contributed by atoms with E-state index in [2.05, 4.69) is 12.2 Å². The highest BCUT2D eigenvalue weighted by atomic mass is 35.5. The lowest BCUT2D eigenvalue weighted by Crippen LogP contribution is -2.17. The number of nitrogen functional groups attached to an aromatic ring is 1. The van der Waals surface area contributed by atoms with Crippen molar-refractivity contribution >= 4 is 28.9 Å². The van der Waals surface area contributed by atoms with Crippen molar-refractivity contribution in [3.05, 3.63) is 22.7 Å². The molecule has 19 heavy (non-hydrogen) atoms. The van der Waals surface area contributed by atoms with Gasteiger partial charge in [0.05, 0.1) is 23.4 Å². The van der Waals surface area contributed by atoms with Gasteiger partial charge in [0.15, 0.2) is 0 Å². The maximum atomic E-state index is 11.8. The smallest absolute Gasteiger partial charge is 0.340 e. The van der Waals surface area contributed by atoms with Gasteiger partial charge in [0.1, 0.15) is 0 Å². The van der Waals surface area contributed by atoms with Crippen LogP contribution in [0.4, 0.5) is 11.4 Å². The minimum atomic E-state index is -0.432. The second kappa shape index (κ2) is 5.29. The van der Waals surface area contributed by atoms with Crippen molar-refractivity contribution in [2.45, 2.75) is 26.2 Å². The molecule has 1 aromatic rings. The largest absolute Gasteiger partial charge is 0.465 e. The molecular formula is C14H19ClN2O2. The number of hydrogen-bond acceptors (Lipinski definition) is 4. The van der Waals surface area contributed by atoms with Crippen LogP contribution >= 0.6 is 11.6 Å². The summed E-state index contributed by atoms with van der Waals surface area (Å²) in [5.74, 6) is -0.432. The first-order valence-electron chi connectivity index (χ1n) is 6.42. The highest BCUT2D eigenvalue weighted by molar-refractivity contribution is 6.34. The lowest BCUT2D eigenvalue weighted by atomic mass is 10.0. The number of benzene rings is 1. The molecule has 3 N–H and O–H groups in total. The first-order valence-corrected chi connectivity index (χ1v) is 6.80. The number of esters is 1. The van der Waals surface area contributed by atoms with E-state index in [-0.39, 0.29) is 0 Å². The molecule has 4 nitrogen and oxygen atoms in total. The van der Waals surface area contributed by atoms with E-state index in [0.29, 0.717) is 27.4 Å². The van der Waals surface area contributed by atoms with Gasteiger partial charge < -0.3 is 15.8 Å². The van der Waals surface area contributed by atoms with E-state index >= 15 is 0 Å². The van der Waals surface area contributed by atoms with Crippen molar-refractivity contribution in [3.8, 4) is 0 Å². The molecule has 0 bridgehead atoms. The molecule has 0 unspecified atom stereocenters. The molecule has 104 valence electrons. The van der Waals surface area contributed by atoms with Crippen molar-refractivity contribution in [2.24, 2.45) is 5.41 Å². The molecule has 0 heterocycles. The number of carbonyl (C=O) groups is 1. The fourth-order valence-electron chi connectivity index (χ4n) is 2.19. The summed E-state index contributed by atoms with van der Waals surface area (Å²) in [5.41, 5.74) is 7.53. The predicted molar refractivity (Wildman–Crippen MR) is 77.7 cm³/mol. The Labute approximate surface area is 118 Å². The molecule has 5 heteroatoms. The molecule has 1 aliphatic rings. The summed E-state index contributed by atoms with van der Waals surface area (Å²) in [6.07, 6.45) is 3.56. The summed E-state index contributed by atoms with van der Waals surface area (Å²) in [6, 6.07) is 3.23. The Balaban J connectivity index is 2.25. The Kier molecular flexibility index (Phi) is 3.90. The van der Waals surface area contributed by atoms with Crippen LogP contribution in [0, 0.1) is 5.41 Å². The van der Waals surface area contributed by atoms with Crippen LogP contribution in [0.5, 0.6) is 0 Å². The predicted octanol–water partition coefficient (Wildman–Crippen LogP) is 3.31. The van der Waals surface area contributed by atoms with Gasteiger partial charge in [-0.15, -0.1) is 0 Å². The minimum Gasteiger partial charge on any atom is -0.465 e. The van der Waals surface area contributed by atoms with Gasteiger partial charge in [-0.1, -0.05) is 18.5 Å². The highest BCUT2D eigenvalue weighted by Gasteiger charge is 2.40. The van der Waals surface area contributed by atoms with Crippen LogP contribution in [-0.2, 0) is 4.74 Å². The molecule has 0 aliphatic heterocycles. The van der Waals surface area contributed by atoms with Gasteiger partial charge in [-0.2, -0.15) is 0 Å². The second-order valence-electron chi connectivity index (χ2n) is 5.12. The van der Waals surface area contributed by atoms with Crippen molar-refractivity contribution in [3.63, 3.8) is 0 Å². The van der Waals surface area contributed by atoms with Crippen LogP contribution in [0.15, 0.2) is 12.1 Å². The lowest BCUT2D eigenvalue weighted by Gasteiger charge is -2.18. The third kappa shape index (κ3) is 2.95. The van der Waals surface area contributed by atoms with Crippen molar-refractivity contribution in [1.82, 2.24) is 0 Å². The van der Waals surface area contributed by atoms with Crippen molar-refractivity contribution in [1.29, 1.82) is 0 Å². The maximum Gasteiger partial charge on any atom is 0.340 e. The number of halogens is 1. The van der Waals surface area contributed by atoms with Gasteiger partial charge >= 0.3 is 5.97 Å². The number of nitrogens with two attached hydrogens (primary N) is 1. The molecule has 2 rings (SSSR count). The Hall–Kier alpha value is -1.42. The zero-order chi connectivity index (χ0) is 14.0. The number of anilines is 2. The van der Waals surface area contributed by atoms with E-state index in [4.69, 9.17) is 22.1 Å². The van der Waals surface area contributed by atoms with Crippen LogP contribution in [-0.4, -0.2) is 19.6 Å². The third-order valence-electron chi connectivity index (χ3n) is 3.87. The highest BCUT2D eigenvalue weighted by Crippen LogP contribution is 2.48. The molecule has 1 fully saturated rings. The molecule has 0 radical (unpaired) electrons. The monoisotopic (exact) mass is 282 g/mol. The van der Waals surface area contributed by atoms with Crippen LogP contribution in [0.1, 0.15) is 36.5 Å². The molecule has 1 saturated carbocycles. The number of rotatable bonds is 5. The molecule has 0 amide bonds. The Morgan fingerprint density at radius 1 is 1.53 bits per heavy atom. The average molecular weight is 283 g/mol. The minimum absolute atomic E-state index is 0.359. The summed E-state index contributed by atoms with van der Waals surface area (Å²) in [6.45, 7) is 3.00. The first kappa shape index (κ1) is 14.0. The van der Waals surface area contributed by atoms with Crippen molar-refractivity contribution < 1.29 is 9.53 Å². The topological polar surface area (TPSA) is 64.3 Å². The SMILES string of the molecule is CCC1(CNc2c(Cl)cc(N)cc2C(=O)OC)CC1. The van der Waals surface area contributed by atoms with Gasteiger partial charge in [0, 0.05) is 12.2 Å². The van der Waals surface area contributed by atoms with Gasteiger partial charge in [0.2, 0.25) is 0 Å². The van der Waals surface area contributed by atoms with Crippen LogP contribution in [0.25, 0.3) is 0 Å². The fraction of sp³-hybridized carbons (Fsp3) is 0.500. The molecule has 0 saturated heterocycles. The van der Waals surface area contributed by atoms with Crippen LogP contribution in [0.2, 0.25) is 5.02 Å². The summed E-state index contributed by atoms with van der Waals surface area (Å²) >= 11 is 6.18. The summed E-state index contributed by atoms with van der Waals surface area (Å²) in [5, 5.41) is 3.74. The van der Waals surface area contributed by atoms with Gasteiger partial charge in [-0.3, -0.25) is 0 Å². The molecular weight excluding hydrogens is 264 g/mol. The van der Waals surface area contributed by atoms with Crippen LogP contribution in [0.3, 0.4) is 0 Å². The molecule has 0 atom stereocenters. The standard InChI is InChI=1S/C14H19ClN2O2/c1-3-14(4-5-14)8-17-12-10(13(18)19-2)6-9(16)7-11(12)15/h6-7,17H,3-5,8,16H2,1-2H3. The molecule has 0 aromatic heterocycles. The van der Waals surface area contributed by atoms with Gasteiger partial charge in [-0.25, -0.2) is 4.79 Å². The normalized spacial score (nSPS) is 15.9. The Morgan fingerprint density at radius 2 is 2.21 bits per heavy atom. The number of carbonyl (C=O) groups excluding carboxylic acids is 1. The lowest BCUT2D eigenvalue weighted by molar-refractivity contribution is 0.0602. The fourth-order valence-corrected chi connectivity index (χ4v) is 2.48.